The van der Waals surface area contributed by atoms with E-state index in [1.165, 1.54) is 61.3 Å². The Hall–Kier alpha value is -1.83. The normalized spacial score (nSPS) is 37.5. The Labute approximate surface area is 205 Å². The standard InChI is InChI=1S/C32H42O2/c1-21-14-17-28(31(2,3)24-16-15-22-9-4-5-10-23(22)20-24)29(19-21)34-30(33)32-18-7-6-12-26(32)25-11-8-13-27(25)32/h4-5,9-10,15-16,20-21,25-29H,6-8,11-14,17-19H2,1-3H3/t21-,25+,26+,27-,28-,29-,32+/m1/s1. The van der Waals surface area contributed by atoms with Gasteiger partial charge in [-0.1, -0.05) is 88.9 Å². The molecule has 4 aliphatic carbocycles. The van der Waals surface area contributed by atoms with Gasteiger partial charge in [0.05, 0.1) is 5.41 Å². The van der Waals surface area contributed by atoms with Crippen LogP contribution in [0.4, 0.5) is 0 Å². The molecule has 0 N–H and O–H groups in total. The van der Waals surface area contributed by atoms with Crippen LogP contribution in [0.5, 0.6) is 0 Å². The molecule has 0 unspecified atom stereocenters. The number of rotatable bonds is 4. The van der Waals surface area contributed by atoms with Crippen molar-refractivity contribution in [1.29, 1.82) is 0 Å². The Morgan fingerprint density at radius 2 is 1.68 bits per heavy atom. The fraction of sp³-hybridized carbons (Fsp3) is 0.656. The number of hydrogen-bond donors (Lipinski definition) is 0. The van der Waals surface area contributed by atoms with Crippen molar-refractivity contribution >= 4 is 16.7 Å². The molecule has 4 aliphatic rings. The van der Waals surface area contributed by atoms with Crippen molar-refractivity contribution in [2.75, 3.05) is 0 Å². The Morgan fingerprint density at radius 3 is 2.50 bits per heavy atom. The zero-order valence-corrected chi connectivity index (χ0v) is 21.4. The van der Waals surface area contributed by atoms with Crippen molar-refractivity contribution in [1.82, 2.24) is 0 Å². The monoisotopic (exact) mass is 458 g/mol. The minimum Gasteiger partial charge on any atom is -0.462 e. The van der Waals surface area contributed by atoms with Crippen LogP contribution in [0, 0.1) is 35.0 Å². The Bertz CT molecular complexity index is 1070. The van der Waals surface area contributed by atoms with Gasteiger partial charge in [0, 0.05) is 5.92 Å². The summed E-state index contributed by atoms with van der Waals surface area (Å²) < 4.78 is 6.70. The summed E-state index contributed by atoms with van der Waals surface area (Å²) in [6.45, 7) is 7.12. The average molecular weight is 459 g/mol. The predicted octanol–water partition coefficient (Wildman–Crippen LogP) is 8.07. The Morgan fingerprint density at radius 1 is 0.912 bits per heavy atom. The minimum absolute atomic E-state index is 0.0335. The zero-order valence-electron chi connectivity index (χ0n) is 21.4. The van der Waals surface area contributed by atoms with Crippen LogP contribution in [0.1, 0.15) is 90.5 Å². The Kier molecular flexibility index (Phi) is 5.58. The summed E-state index contributed by atoms with van der Waals surface area (Å²) in [6, 6.07) is 15.6. The first-order valence-corrected chi connectivity index (χ1v) is 14.1. The molecule has 2 nitrogen and oxygen atoms in total. The van der Waals surface area contributed by atoms with E-state index in [0.29, 0.717) is 23.7 Å². The number of carbonyl (C=O) groups is 1. The summed E-state index contributed by atoms with van der Waals surface area (Å²) in [6.07, 6.45) is 12.2. The average Bonchev–Trinajstić information content (AvgIpc) is 3.27. The molecule has 0 amide bonds. The number of ether oxygens (including phenoxy) is 1. The summed E-state index contributed by atoms with van der Waals surface area (Å²) in [5, 5.41) is 2.59. The van der Waals surface area contributed by atoms with Gasteiger partial charge in [0.2, 0.25) is 0 Å². The van der Waals surface area contributed by atoms with Crippen LogP contribution in [-0.2, 0) is 14.9 Å². The maximum absolute atomic E-state index is 14.1. The zero-order chi connectivity index (χ0) is 23.5. The third-order valence-corrected chi connectivity index (χ3v) is 10.9. The van der Waals surface area contributed by atoms with Gasteiger partial charge in [-0.15, -0.1) is 0 Å². The largest absolute Gasteiger partial charge is 0.462 e. The van der Waals surface area contributed by atoms with E-state index < -0.39 is 0 Å². The summed E-state index contributed by atoms with van der Waals surface area (Å²) in [7, 11) is 0. The molecule has 7 atom stereocenters. The van der Waals surface area contributed by atoms with Gasteiger partial charge >= 0.3 is 5.97 Å². The first-order valence-electron chi connectivity index (χ1n) is 14.1. The van der Waals surface area contributed by atoms with Crippen molar-refractivity contribution in [3.8, 4) is 0 Å². The van der Waals surface area contributed by atoms with Crippen LogP contribution in [0.15, 0.2) is 42.5 Å². The topological polar surface area (TPSA) is 26.3 Å². The molecule has 0 aromatic heterocycles. The van der Waals surface area contributed by atoms with Crippen LogP contribution in [0.25, 0.3) is 10.8 Å². The number of benzene rings is 2. The molecular formula is C32H42O2. The van der Waals surface area contributed by atoms with Crippen molar-refractivity contribution in [3.63, 3.8) is 0 Å². The van der Waals surface area contributed by atoms with E-state index in [1.807, 2.05) is 0 Å². The second-order valence-corrected chi connectivity index (χ2v) is 12.8. The van der Waals surface area contributed by atoms with Crippen LogP contribution in [-0.4, -0.2) is 12.1 Å². The van der Waals surface area contributed by atoms with Gasteiger partial charge in [-0.05, 0) is 83.9 Å². The number of carbonyl (C=O) groups excluding carboxylic acids is 1. The number of fused-ring (bicyclic) bond motifs is 5. The van der Waals surface area contributed by atoms with Gasteiger partial charge in [0.25, 0.3) is 0 Å². The maximum Gasteiger partial charge on any atom is 0.312 e. The first-order chi connectivity index (χ1) is 16.4. The quantitative estimate of drug-likeness (QED) is 0.433. The molecule has 0 radical (unpaired) electrons. The van der Waals surface area contributed by atoms with Crippen molar-refractivity contribution in [2.24, 2.45) is 35.0 Å². The fourth-order valence-corrected chi connectivity index (χ4v) is 9.01. The molecular weight excluding hydrogens is 416 g/mol. The maximum atomic E-state index is 14.1. The van der Waals surface area contributed by atoms with Gasteiger partial charge < -0.3 is 4.74 Å². The smallest absolute Gasteiger partial charge is 0.312 e. The Balaban J connectivity index is 1.28. The summed E-state index contributed by atoms with van der Waals surface area (Å²) in [5.41, 5.74) is 1.20. The van der Waals surface area contributed by atoms with Gasteiger partial charge in [0.1, 0.15) is 6.10 Å². The van der Waals surface area contributed by atoms with E-state index in [0.717, 1.165) is 25.2 Å². The van der Waals surface area contributed by atoms with E-state index in [9.17, 15) is 4.79 Å². The predicted molar refractivity (Wildman–Crippen MR) is 139 cm³/mol. The van der Waals surface area contributed by atoms with Crippen molar-refractivity contribution < 1.29 is 9.53 Å². The van der Waals surface area contributed by atoms with Crippen LogP contribution in [0.3, 0.4) is 0 Å². The minimum atomic E-state index is -0.141. The molecule has 0 aliphatic heterocycles. The number of esters is 1. The van der Waals surface area contributed by atoms with E-state index in [2.05, 4.69) is 63.2 Å². The molecule has 4 fully saturated rings. The van der Waals surface area contributed by atoms with E-state index >= 15 is 0 Å². The molecule has 2 heteroatoms. The lowest BCUT2D eigenvalue weighted by Crippen LogP contribution is -2.61. The highest BCUT2D eigenvalue weighted by molar-refractivity contribution is 5.83. The molecule has 6 rings (SSSR count). The highest BCUT2D eigenvalue weighted by Gasteiger charge is 2.67. The first kappa shape index (κ1) is 22.6. The van der Waals surface area contributed by atoms with Gasteiger partial charge in [-0.25, -0.2) is 0 Å². The summed E-state index contributed by atoms with van der Waals surface area (Å²) >= 11 is 0. The molecule has 182 valence electrons. The summed E-state index contributed by atoms with van der Waals surface area (Å²) in [4.78, 5) is 14.1. The third kappa shape index (κ3) is 3.38. The van der Waals surface area contributed by atoms with Gasteiger partial charge in [0.15, 0.2) is 0 Å². The molecule has 0 bridgehead atoms. The highest BCUT2D eigenvalue weighted by Crippen LogP contribution is 2.69. The lowest BCUT2D eigenvalue weighted by Gasteiger charge is -2.60. The lowest BCUT2D eigenvalue weighted by atomic mass is 9.43. The third-order valence-electron chi connectivity index (χ3n) is 10.9. The molecule has 34 heavy (non-hydrogen) atoms. The summed E-state index contributed by atoms with van der Waals surface area (Å²) in [5.74, 6) is 3.21. The van der Waals surface area contributed by atoms with Crippen LogP contribution < -0.4 is 0 Å². The molecule has 0 spiro atoms. The molecule has 4 saturated carbocycles. The van der Waals surface area contributed by atoms with Crippen molar-refractivity contribution in [2.45, 2.75) is 96.5 Å². The number of hydrogen-bond acceptors (Lipinski definition) is 2. The fourth-order valence-electron chi connectivity index (χ4n) is 9.01. The highest BCUT2D eigenvalue weighted by atomic mass is 16.5. The molecule has 0 saturated heterocycles. The molecule has 2 aromatic rings. The van der Waals surface area contributed by atoms with E-state index in [1.54, 1.807) is 0 Å². The second-order valence-electron chi connectivity index (χ2n) is 12.8. The molecule has 2 aromatic carbocycles. The van der Waals surface area contributed by atoms with Crippen LogP contribution in [0.2, 0.25) is 0 Å². The van der Waals surface area contributed by atoms with E-state index in [-0.39, 0.29) is 22.9 Å². The van der Waals surface area contributed by atoms with Crippen LogP contribution >= 0.6 is 0 Å². The SMILES string of the molecule is C[C@@H]1CC[C@@H](C(C)(C)c2ccc3ccccc3c2)[C@H](OC(=O)[C@@]23CCCC[C@H]2[C@@H]2CCC[C@H]23)C1. The van der Waals surface area contributed by atoms with E-state index in [4.69, 9.17) is 4.74 Å². The van der Waals surface area contributed by atoms with Gasteiger partial charge in [-0.2, -0.15) is 0 Å². The van der Waals surface area contributed by atoms with Gasteiger partial charge in [-0.3, -0.25) is 4.79 Å². The second kappa shape index (κ2) is 8.38. The lowest BCUT2D eigenvalue weighted by molar-refractivity contribution is -0.207. The molecule has 0 heterocycles. The van der Waals surface area contributed by atoms with Crippen molar-refractivity contribution in [3.05, 3.63) is 48.0 Å².